The monoisotopic (exact) mass is 377 g/mol. The van der Waals surface area contributed by atoms with Crippen LogP contribution in [-0.2, 0) is 4.79 Å². The number of amides is 1. The fourth-order valence-corrected chi connectivity index (χ4v) is 2.79. The van der Waals surface area contributed by atoms with E-state index in [4.69, 9.17) is 9.47 Å². The quantitative estimate of drug-likeness (QED) is 0.485. The molecule has 0 spiro atoms. The highest BCUT2D eigenvalue weighted by Gasteiger charge is 2.07. The lowest BCUT2D eigenvalue weighted by Crippen LogP contribution is -2.26. The first-order chi connectivity index (χ1) is 13.6. The van der Waals surface area contributed by atoms with Gasteiger partial charge in [-0.2, -0.15) is 5.10 Å². The number of carbonyl (C=O) groups excluding carboxylic acids is 1. The molecule has 3 rings (SSSR count). The Morgan fingerprint density at radius 2 is 1.68 bits per heavy atom. The van der Waals surface area contributed by atoms with Gasteiger partial charge in [0.15, 0.2) is 11.5 Å². The first-order valence-corrected chi connectivity index (χ1v) is 8.89. The van der Waals surface area contributed by atoms with Crippen LogP contribution in [0.1, 0.15) is 12.5 Å². The molecule has 0 radical (unpaired) electrons. The number of benzene rings is 3. The number of methoxy groups -OCH3 is 2. The predicted octanol–water partition coefficient (Wildman–Crippen LogP) is 3.81. The molecule has 0 unspecified atom stereocenters. The van der Waals surface area contributed by atoms with Gasteiger partial charge in [0, 0.05) is 11.3 Å². The lowest BCUT2D eigenvalue weighted by atomic mass is 10.1. The summed E-state index contributed by atoms with van der Waals surface area (Å²) in [7, 11) is 3.16. The summed E-state index contributed by atoms with van der Waals surface area (Å²) in [6.07, 6.45) is 0. The molecule has 0 aromatic heterocycles. The summed E-state index contributed by atoms with van der Waals surface area (Å²) in [5.41, 5.74) is 4.95. The van der Waals surface area contributed by atoms with Crippen molar-refractivity contribution < 1.29 is 14.3 Å². The van der Waals surface area contributed by atoms with Crippen molar-refractivity contribution in [3.63, 3.8) is 0 Å². The second-order valence-electron chi connectivity index (χ2n) is 6.22. The van der Waals surface area contributed by atoms with E-state index in [2.05, 4.69) is 21.9 Å². The molecule has 0 heterocycles. The van der Waals surface area contributed by atoms with E-state index in [9.17, 15) is 4.79 Å². The lowest BCUT2D eigenvalue weighted by Gasteiger charge is -2.10. The first-order valence-electron chi connectivity index (χ1n) is 8.89. The fourth-order valence-electron chi connectivity index (χ4n) is 2.79. The topological polar surface area (TPSA) is 72.0 Å². The Hall–Kier alpha value is -3.54. The smallest absolute Gasteiger partial charge is 0.259 e. The number of nitrogens with one attached hydrogen (secondary N) is 2. The van der Waals surface area contributed by atoms with Gasteiger partial charge in [-0.25, -0.2) is 5.43 Å². The SMILES string of the molecule is COc1ccc(/C(C)=N\NC(=O)CNc2ccc3ccccc3c2)cc1OC. The minimum Gasteiger partial charge on any atom is -0.493 e. The van der Waals surface area contributed by atoms with Gasteiger partial charge in [0.25, 0.3) is 5.91 Å². The van der Waals surface area contributed by atoms with Crippen LogP contribution >= 0.6 is 0 Å². The molecule has 0 fully saturated rings. The molecule has 0 aliphatic heterocycles. The first kappa shape index (κ1) is 19.2. The van der Waals surface area contributed by atoms with Crippen LogP contribution in [0.3, 0.4) is 0 Å². The fraction of sp³-hybridized carbons (Fsp3) is 0.182. The van der Waals surface area contributed by atoms with Gasteiger partial charge in [0.1, 0.15) is 0 Å². The Morgan fingerprint density at radius 1 is 0.929 bits per heavy atom. The van der Waals surface area contributed by atoms with Crippen LogP contribution in [0.25, 0.3) is 10.8 Å². The van der Waals surface area contributed by atoms with Gasteiger partial charge in [-0.3, -0.25) is 4.79 Å². The van der Waals surface area contributed by atoms with Crippen LogP contribution in [0.5, 0.6) is 11.5 Å². The van der Waals surface area contributed by atoms with Gasteiger partial charge < -0.3 is 14.8 Å². The minimum atomic E-state index is -0.229. The number of hydrogen-bond acceptors (Lipinski definition) is 5. The molecule has 0 saturated heterocycles. The zero-order chi connectivity index (χ0) is 19.9. The molecule has 0 bridgehead atoms. The van der Waals surface area contributed by atoms with Crippen LogP contribution in [0.4, 0.5) is 5.69 Å². The van der Waals surface area contributed by atoms with Crippen molar-refractivity contribution in [2.24, 2.45) is 5.10 Å². The van der Waals surface area contributed by atoms with E-state index in [1.807, 2.05) is 55.5 Å². The van der Waals surface area contributed by atoms with Crippen molar-refractivity contribution >= 4 is 28.1 Å². The van der Waals surface area contributed by atoms with E-state index in [1.54, 1.807) is 20.3 Å². The van der Waals surface area contributed by atoms with E-state index in [0.29, 0.717) is 17.2 Å². The maximum absolute atomic E-state index is 12.1. The number of fused-ring (bicyclic) bond motifs is 1. The molecule has 6 heteroatoms. The number of rotatable bonds is 7. The van der Waals surface area contributed by atoms with E-state index in [-0.39, 0.29) is 12.5 Å². The van der Waals surface area contributed by atoms with Gasteiger partial charge in [0.05, 0.1) is 26.5 Å². The number of hydrazone groups is 1. The molecule has 2 N–H and O–H groups in total. The van der Waals surface area contributed by atoms with Crippen molar-refractivity contribution in [2.75, 3.05) is 26.1 Å². The predicted molar refractivity (Wildman–Crippen MR) is 112 cm³/mol. The second kappa shape index (κ2) is 8.90. The Morgan fingerprint density at radius 3 is 2.43 bits per heavy atom. The molecule has 0 aliphatic carbocycles. The Kier molecular flexibility index (Phi) is 6.11. The third-order valence-electron chi connectivity index (χ3n) is 4.35. The van der Waals surface area contributed by atoms with Gasteiger partial charge in [-0.15, -0.1) is 0 Å². The average molecular weight is 377 g/mol. The standard InChI is InChI=1S/C22H23N3O3/c1-15(17-9-11-20(27-2)21(13-17)28-3)24-25-22(26)14-23-19-10-8-16-6-4-5-7-18(16)12-19/h4-13,23H,14H2,1-3H3,(H,25,26)/b24-15-. The summed E-state index contributed by atoms with van der Waals surface area (Å²) in [5.74, 6) is 1.02. The maximum Gasteiger partial charge on any atom is 0.259 e. The van der Waals surface area contributed by atoms with E-state index >= 15 is 0 Å². The van der Waals surface area contributed by atoms with Crippen molar-refractivity contribution in [2.45, 2.75) is 6.92 Å². The highest BCUT2D eigenvalue weighted by Crippen LogP contribution is 2.27. The third-order valence-corrected chi connectivity index (χ3v) is 4.35. The zero-order valence-electron chi connectivity index (χ0n) is 16.2. The number of nitrogens with zero attached hydrogens (tertiary/aromatic N) is 1. The number of hydrogen-bond donors (Lipinski definition) is 2. The van der Waals surface area contributed by atoms with Crippen molar-refractivity contribution in [3.8, 4) is 11.5 Å². The van der Waals surface area contributed by atoms with E-state index in [1.165, 1.54) is 0 Å². The zero-order valence-corrected chi connectivity index (χ0v) is 16.2. The van der Waals surface area contributed by atoms with Crippen LogP contribution in [0, 0.1) is 0 Å². The molecule has 28 heavy (non-hydrogen) atoms. The molecule has 0 saturated carbocycles. The second-order valence-corrected chi connectivity index (χ2v) is 6.22. The summed E-state index contributed by atoms with van der Waals surface area (Å²) in [5, 5.41) is 9.56. The Labute approximate surface area is 164 Å². The summed E-state index contributed by atoms with van der Waals surface area (Å²) in [6.45, 7) is 1.94. The highest BCUT2D eigenvalue weighted by molar-refractivity contribution is 6.00. The number of ether oxygens (including phenoxy) is 2. The summed E-state index contributed by atoms with van der Waals surface area (Å²) >= 11 is 0. The van der Waals surface area contributed by atoms with Crippen LogP contribution in [-0.4, -0.2) is 32.4 Å². The molecular weight excluding hydrogens is 354 g/mol. The highest BCUT2D eigenvalue weighted by atomic mass is 16.5. The summed E-state index contributed by atoms with van der Waals surface area (Å²) in [6, 6.07) is 19.6. The molecule has 0 atom stereocenters. The molecule has 3 aromatic carbocycles. The lowest BCUT2D eigenvalue weighted by molar-refractivity contribution is -0.119. The van der Waals surface area contributed by atoms with E-state index in [0.717, 1.165) is 22.0 Å². The Bertz CT molecular complexity index is 1010. The third kappa shape index (κ3) is 4.59. The normalized spacial score (nSPS) is 11.2. The molecular formula is C22H23N3O3. The summed E-state index contributed by atoms with van der Waals surface area (Å²) < 4.78 is 10.5. The average Bonchev–Trinajstić information content (AvgIpc) is 2.75. The van der Waals surface area contributed by atoms with Gasteiger partial charge in [0.2, 0.25) is 0 Å². The van der Waals surface area contributed by atoms with Crippen molar-refractivity contribution in [3.05, 3.63) is 66.2 Å². The summed E-state index contributed by atoms with van der Waals surface area (Å²) in [4.78, 5) is 12.1. The maximum atomic E-state index is 12.1. The molecule has 144 valence electrons. The minimum absolute atomic E-state index is 0.126. The largest absolute Gasteiger partial charge is 0.493 e. The van der Waals surface area contributed by atoms with Crippen LogP contribution < -0.4 is 20.2 Å². The molecule has 0 aliphatic rings. The van der Waals surface area contributed by atoms with Crippen molar-refractivity contribution in [1.82, 2.24) is 5.43 Å². The Balaban J connectivity index is 1.59. The number of anilines is 1. The van der Waals surface area contributed by atoms with Crippen LogP contribution in [0.15, 0.2) is 65.8 Å². The van der Waals surface area contributed by atoms with Gasteiger partial charge in [-0.1, -0.05) is 30.3 Å². The molecule has 3 aromatic rings. The molecule has 6 nitrogen and oxygen atoms in total. The van der Waals surface area contributed by atoms with Crippen molar-refractivity contribution in [1.29, 1.82) is 0 Å². The van der Waals surface area contributed by atoms with E-state index < -0.39 is 0 Å². The van der Waals surface area contributed by atoms with Gasteiger partial charge in [-0.05, 0) is 48.0 Å². The van der Waals surface area contributed by atoms with Crippen LogP contribution in [0.2, 0.25) is 0 Å². The van der Waals surface area contributed by atoms with Gasteiger partial charge >= 0.3 is 0 Å². The number of carbonyl (C=O) groups is 1. The molecule has 1 amide bonds.